The summed E-state index contributed by atoms with van der Waals surface area (Å²) >= 11 is 0. The fourth-order valence-electron chi connectivity index (χ4n) is 2.25. The SMILES string of the molecule is CCCCCCCCCCCCCCC[CH]O. The van der Waals surface area contributed by atoms with Gasteiger partial charge in [-0.15, -0.1) is 0 Å². The molecular weight excluding hydrogens is 208 g/mol. The second kappa shape index (κ2) is 16.0. The average Bonchev–Trinajstić information content (AvgIpc) is 2.35. The highest BCUT2D eigenvalue weighted by Gasteiger charge is 1.93. The third-order valence-corrected chi connectivity index (χ3v) is 3.44. The molecule has 0 atom stereocenters. The topological polar surface area (TPSA) is 20.2 Å². The highest BCUT2D eigenvalue weighted by atomic mass is 16.2. The Hall–Kier alpha value is -0.0400. The molecule has 0 saturated carbocycles. The highest BCUT2D eigenvalue weighted by molar-refractivity contribution is 4.51. The van der Waals surface area contributed by atoms with E-state index in [0.29, 0.717) is 0 Å². The molecule has 103 valence electrons. The Kier molecular flexibility index (Phi) is 15.9. The van der Waals surface area contributed by atoms with E-state index < -0.39 is 0 Å². The molecule has 0 aliphatic heterocycles. The monoisotopic (exact) mass is 241 g/mol. The summed E-state index contributed by atoms with van der Waals surface area (Å²) in [6.07, 6.45) is 18.9. The Balaban J connectivity index is 2.85. The summed E-state index contributed by atoms with van der Waals surface area (Å²) in [5.74, 6) is 0. The lowest BCUT2D eigenvalue weighted by Crippen LogP contribution is -1.83. The van der Waals surface area contributed by atoms with Gasteiger partial charge in [-0.25, -0.2) is 0 Å². The molecule has 0 aliphatic rings. The van der Waals surface area contributed by atoms with E-state index in [1.165, 1.54) is 83.7 Å². The van der Waals surface area contributed by atoms with Gasteiger partial charge in [0.1, 0.15) is 0 Å². The van der Waals surface area contributed by atoms with Crippen molar-refractivity contribution in [3.63, 3.8) is 0 Å². The molecule has 0 aromatic rings. The molecule has 0 saturated heterocycles. The van der Waals surface area contributed by atoms with Gasteiger partial charge in [0.15, 0.2) is 0 Å². The Bertz CT molecular complexity index is 109. The molecule has 1 heteroatoms. The normalized spacial score (nSPS) is 10.9. The lowest BCUT2D eigenvalue weighted by molar-refractivity contribution is 0.367. The first-order chi connectivity index (χ1) is 8.41. The maximum absolute atomic E-state index is 8.52. The number of aliphatic hydroxyl groups excluding tert-OH is 1. The van der Waals surface area contributed by atoms with Crippen LogP contribution in [0.2, 0.25) is 0 Å². The van der Waals surface area contributed by atoms with E-state index in [4.69, 9.17) is 5.11 Å². The van der Waals surface area contributed by atoms with Crippen LogP contribution in [0.4, 0.5) is 0 Å². The maximum atomic E-state index is 8.52. The largest absolute Gasteiger partial charge is 0.390 e. The van der Waals surface area contributed by atoms with Crippen molar-refractivity contribution in [2.45, 2.75) is 96.8 Å². The van der Waals surface area contributed by atoms with Crippen molar-refractivity contribution >= 4 is 0 Å². The van der Waals surface area contributed by atoms with Gasteiger partial charge in [0.2, 0.25) is 0 Å². The van der Waals surface area contributed by atoms with Gasteiger partial charge in [0, 0.05) is 0 Å². The van der Waals surface area contributed by atoms with Crippen LogP contribution in [0, 0.1) is 6.61 Å². The van der Waals surface area contributed by atoms with Crippen molar-refractivity contribution in [3.8, 4) is 0 Å². The molecule has 0 aromatic heterocycles. The Morgan fingerprint density at radius 2 is 0.941 bits per heavy atom. The maximum Gasteiger partial charge on any atom is 0.0799 e. The van der Waals surface area contributed by atoms with Gasteiger partial charge < -0.3 is 5.11 Å². The minimum atomic E-state index is 0.873. The standard InChI is InChI=1S/C16H33O/c1-2-3-4-5-6-7-8-9-10-11-12-13-14-15-16-17/h16-17H,2-15H2,1H3. The van der Waals surface area contributed by atoms with Crippen molar-refractivity contribution < 1.29 is 5.11 Å². The van der Waals surface area contributed by atoms with Crippen LogP contribution in [0.25, 0.3) is 0 Å². The molecule has 0 unspecified atom stereocenters. The molecule has 1 radical (unpaired) electrons. The first-order valence-corrected chi connectivity index (χ1v) is 7.87. The minimum Gasteiger partial charge on any atom is -0.390 e. The van der Waals surface area contributed by atoms with Gasteiger partial charge in [-0.05, 0) is 6.42 Å². The number of aliphatic hydroxyl groups is 1. The molecule has 0 aliphatic carbocycles. The Morgan fingerprint density at radius 1 is 0.588 bits per heavy atom. The third-order valence-electron chi connectivity index (χ3n) is 3.44. The minimum absolute atomic E-state index is 0.873. The fourth-order valence-corrected chi connectivity index (χ4v) is 2.25. The molecule has 0 spiro atoms. The van der Waals surface area contributed by atoms with E-state index in [1.807, 2.05) is 0 Å². The van der Waals surface area contributed by atoms with Crippen LogP contribution in [-0.2, 0) is 0 Å². The van der Waals surface area contributed by atoms with Gasteiger partial charge in [0.05, 0.1) is 6.61 Å². The second-order valence-corrected chi connectivity index (χ2v) is 5.21. The molecule has 0 amide bonds. The fraction of sp³-hybridized carbons (Fsp3) is 0.938. The molecule has 0 bridgehead atoms. The summed E-state index contributed by atoms with van der Waals surface area (Å²) in [5, 5.41) is 8.52. The van der Waals surface area contributed by atoms with E-state index in [1.54, 1.807) is 0 Å². The molecule has 0 heterocycles. The summed E-state index contributed by atoms with van der Waals surface area (Å²) < 4.78 is 0. The summed E-state index contributed by atoms with van der Waals surface area (Å²) in [5.41, 5.74) is 0. The average molecular weight is 241 g/mol. The quantitative estimate of drug-likeness (QED) is 0.370. The lowest BCUT2D eigenvalue weighted by Gasteiger charge is -2.02. The van der Waals surface area contributed by atoms with E-state index in [-0.39, 0.29) is 0 Å². The zero-order valence-corrected chi connectivity index (χ0v) is 11.9. The van der Waals surface area contributed by atoms with E-state index in [0.717, 1.165) is 12.8 Å². The lowest BCUT2D eigenvalue weighted by atomic mass is 10.0. The van der Waals surface area contributed by atoms with Crippen LogP contribution in [0.15, 0.2) is 0 Å². The van der Waals surface area contributed by atoms with Crippen molar-refractivity contribution in [2.24, 2.45) is 0 Å². The van der Waals surface area contributed by atoms with Crippen LogP contribution in [0.5, 0.6) is 0 Å². The van der Waals surface area contributed by atoms with Crippen LogP contribution in [0.1, 0.15) is 96.8 Å². The second-order valence-electron chi connectivity index (χ2n) is 5.21. The van der Waals surface area contributed by atoms with Gasteiger partial charge in [-0.3, -0.25) is 0 Å². The van der Waals surface area contributed by atoms with Crippen LogP contribution < -0.4 is 0 Å². The summed E-state index contributed by atoms with van der Waals surface area (Å²) in [6.45, 7) is 3.57. The van der Waals surface area contributed by atoms with Crippen molar-refractivity contribution in [2.75, 3.05) is 0 Å². The van der Waals surface area contributed by atoms with E-state index in [9.17, 15) is 0 Å². The summed E-state index contributed by atoms with van der Waals surface area (Å²) in [4.78, 5) is 0. The number of hydrogen-bond acceptors (Lipinski definition) is 1. The van der Waals surface area contributed by atoms with E-state index >= 15 is 0 Å². The van der Waals surface area contributed by atoms with Gasteiger partial charge in [-0.2, -0.15) is 0 Å². The van der Waals surface area contributed by atoms with Gasteiger partial charge in [0.25, 0.3) is 0 Å². The van der Waals surface area contributed by atoms with Gasteiger partial charge in [-0.1, -0.05) is 90.4 Å². The van der Waals surface area contributed by atoms with Crippen molar-refractivity contribution in [1.29, 1.82) is 0 Å². The first kappa shape index (κ1) is 17.0. The Morgan fingerprint density at radius 3 is 1.29 bits per heavy atom. The summed E-state index contributed by atoms with van der Waals surface area (Å²) in [6, 6.07) is 0. The van der Waals surface area contributed by atoms with Crippen LogP contribution in [0.3, 0.4) is 0 Å². The number of unbranched alkanes of at least 4 members (excludes halogenated alkanes) is 13. The Labute approximate surface area is 109 Å². The zero-order chi connectivity index (χ0) is 12.6. The van der Waals surface area contributed by atoms with Crippen molar-refractivity contribution in [3.05, 3.63) is 6.61 Å². The predicted molar refractivity (Wildman–Crippen MR) is 76.5 cm³/mol. The molecule has 0 rings (SSSR count). The summed E-state index contributed by atoms with van der Waals surface area (Å²) in [7, 11) is 0. The molecule has 1 nitrogen and oxygen atoms in total. The zero-order valence-electron chi connectivity index (χ0n) is 11.9. The van der Waals surface area contributed by atoms with Crippen LogP contribution in [-0.4, -0.2) is 5.11 Å². The predicted octanol–water partition coefficient (Wildman–Crippen LogP) is 6.00. The molecule has 1 N–H and O–H groups in total. The molecule has 0 aromatic carbocycles. The van der Waals surface area contributed by atoms with Crippen LogP contribution >= 0.6 is 0 Å². The highest BCUT2D eigenvalue weighted by Crippen LogP contribution is 2.12. The molecule has 17 heavy (non-hydrogen) atoms. The molecule has 0 fully saturated rings. The van der Waals surface area contributed by atoms with Gasteiger partial charge >= 0.3 is 0 Å². The molecular formula is C16H33O. The smallest absolute Gasteiger partial charge is 0.0799 e. The number of hydrogen-bond donors (Lipinski definition) is 1. The van der Waals surface area contributed by atoms with Crippen molar-refractivity contribution in [1.82, 2.24) is 0 Å². The third kappa shape index (κ3) is 16.0. The number of rotatable bonds is 14. The first-order valence-electron chi connectivity index (χ1n) is 7.87. The van der Waals surface area contributed by atoms with E-state index in [2.05, 4.69) is 6.92 Å².